The number of nitrogens with zero attached hydrogens (tertiary/aromatic N) is 11. The highest BCUT2D eigenvalue weighted by Gasteiger charge is 2.22. The van der Waals surface area contributed by atoms with Crippen molar-refractivity contribution in [2.24, 2.45) is 22.9 Å². The molecule has 0 saturated carbocycles. The smallest absolute Gasteiger partial charge is 0.276 e. The van der Waals surface area contributed by atoms with Crippen LogP contribution in [-0.4, -0.2) is 90.2 Å². The van der Waals surface area contributed by atoms with Crippen LogP contribution in [0, 0.1) is 24.1 Å². The molecule has 7 aromatic heterocycles. The second kappa shape index (κ2) is 25.0. The third kappa shape index (κ3) is 13.1. The Kier molecular flexibility index (Phi) is 18.1. The number of nitrogen functional groups attached to an aromatic ring is 2. The molecule has 2 aromatic carbocycles. The van der Waals surface area contributed by atoms with Crippen molar-refractivity contribution < 1.29 is 28.8 Å². The topological polar surface area (TPSA) is 408 Å². The highest BCUT2D eigenvalue weighted by molar-refractivity contribution is 9.12. The van der Waals surface area contributed by atoms with Crippen molar-refractivity contribution in [1.29, 1.82) is 5.26 Å². The zero-order valence-electron chi connectivity index (χ0n) is 42.9. The molecule has 15 N–H and O–H groups in total. The lowest BCUT2D eigenvalue weighted by molar-refractivity contribution is 0.0992. The summed E-state index contributed by atoms with van der Waals surface area (Å²) in [5.41, 5.74) is 40.2. The molecule has 0 fully saturated rings. The normalized spacial score (nSPS) is 11.1. The molecule has 0 spiro atoms. The molecule has 7 heterocycles. The summed E-state index contributed by atoms with van der Waals surface area (Å²) in [4.78, 5) is 89.4. The molecule has 0 unspecified atom stereocenters. The third-order valence-electron chi connectivity index (χ3n) is 11.7. The summed E-state index contributed by atoms with van der Waals surface area (Å²) >= 11 is 4.86. The van der Waals surface area contributed by atoms with Gasteiger partial charge in [-0.05, 0) is 88.4 Å². The van der Waals surface area contributed by atoms with Crippen molar-refractivity contribution in [1.82, 2.24) is 48.2 Å². The van der Waals surface area contributed by atoms with Gasteiger partial charge in [-0.15, -0.1) is 22.7 Å². The summed E-state index contributed by atoms with van der Waals surface area (Å²) < 4.78 is 8.65. The average Bonchev–Trinajstić information content (AvgIpc) is 4.33. The highest BCUT2D eigenvalue weighted by Crippen LogP contribution is 2.31. The zero-order chi connectivity index (χ0) is 57.2. The van der Waals surface area contributed by atoms with E-state index in [-0.39, 0.29) is 11.8 Å². The number of nitrogens with one attached hydrogen (secondary N) is 3. The molecule has 9 aromatic rings. The van der Waals surface area contributed by atoms with Crippen LogP contribution in [0.2, 0.25) is 0 Å². The molecule has 0 atom stereocenters. The van der Waals surface area contributed by atoms with Gasteiger partial charge >= 0.3 is 0 Å². The molecule has 9 rings (SSSR count). The van der Waals surface area contributed by atoms with Crippen molar-refractivity contribution in [2.75, 3.05) is 34.0 Å². The number of fused-ring (bicyclic) bond motifs is 3. The Morgan fingerprint density at radius 1 is 0.620 bits per heavy atom. The number of aromatic nitrogens is 10. The van der Waals surface area contributed by atoms with Gasteiger partial charge in [0.15, 0.2) is 0 Å². The monoisotopic (exact) mass is 1170 g/mol. The van der Waals surface area contributed by atoms with Crippen LogP contribution in [0.15, 0.2) is 85.0 Å². The van der Waals surface area contributed by atoms with E-state index in [2.05, 4.69) is 57.0 Å². The number of anilines is 5. The Balaban J connectivity index is 0.000000218. The summed E-state index contributed by atoms with van der Waals surface area (Å²) in [6.07, 6.45) is 7.57. The number of nitriles is 1. The predicted octanol–water partition coefficient (Wildman–Crippen LogP) is 5.45. The second-order valence-electron chi connectivity index (χ2n) is 17.0. The lowest BCUT2D eigenvalue weighted by Gasteiger charge is -2.09. The summed E-state index contributed by atoms with van der Waals surface area (Å²) in [6.45, 7) is 10.1. The Bertz CT molecular complexity index is 3920. The second-order valence-corrected chi connectivity index (χ2v) is 19.4. The van der Waals surface area contributed by atoms with Crippen molar-refractivity contribution in [3.63, 3.8) is 0 Å². The van der Waals surface area contributed by atoms with Crippen molar-refractivity contribution in [3.8, 4) is 4.98 Å². The van der Waals surface area contributed by atoms with Crippen LogP contribution in [-0.2, 0) is 32.7 Å². The lowest BCUT2D eigenvalue weighted by Crippen LogP contribution is -2.20. The first-order valence-corrected chi connectivity index (χ1v) is 26.3. The van der Waals surface area contributed by atoms with E-state index in [0.29, 0.717) is 127 Å². The number of carbonyl (C=O) groups excluding carboxylic acids is 6. The van der Waals surface area contributed by atoms with Crippen LogP contribution in [0.4, 0.5) is 29.2 Å². The summed E-state index contributed by atoms with van der Waals surface area (Å²) in [7, 11) is 0. The van der Waals surface area contributed by atoms with Crippen LogP contribution in [0.3, 0.4) is 0 Å². The minimum Gasteiger partial charge on any atom is -0.397 e. The van der Waals surface area contributed by atoms with Gasteiger partial charge in [-0.2, -0.15) is 15.5 Å². The Labute approximate surface area is 465 Å². The largest absolute Gasteiger partial charge is 0.397 e. The molecule has 26 nitrogen and oxygen atoms in total. The number of carbonyl (C=O) groups is 6. The van der Waals surface area contributed by atoms with Gasteiger partial charge in [0, 0.05) is 66.3 Å². The van der Waals surface area contributed by atoms with Gasteiger partial charge in [0.1, 0.15) is 37.1 Å². The van der Waals surface area contributed by atoms with Crippen molar-refractivity contribution in [2.45, 2.75) is 60.4 Å². The molecule has 408 valence electrons. The molecule has 0 saturated heterocycles. The van der Waals surface area contributed by atoms with Gasteiger partial charge in [0.25, 0.3) is 23.6 Å². The van der Waals surface area contributed by atoms with E-state index in [4.69, 9.17) is 39.7 Å². The number of nitrogens with two attached hydrogens (primary N) is 6. The van der Waals surface area contributed by atoms with Crippen molar-refractivity contribution in [3.05, 3.63) is 129 Å². The SMILES string of the molecule is CCn1nc(C)cc1C(=O)Nc1nc2cc(C(N)=O)sc2n1C/C=C/CNc1ccc(C(N)=O)cc1N.CCn1nc(C)cc1C(=O)Nc1nc2cc(C(N)=O)sc2n1C/C=C/Cn1c(N)nc2cc(C(N)=O)ccc21.N#CBr. The van der Waals surface area contributed by atoms with Crippen LogP contribution in [0.25, 0.3) is 31.7 Å². The number of hydrogen-bond acceptors (Lipinski definition) is 17. The van der Waals surface area contributed by atoms with Gasteiger partial charge in [0.2, 0.25) is 29.7 Å². The maximum Gasteiger partial charge on any atom is 0.276 e. The molecular weight excluding hydrogens is 1120 g/mol. The molecule has 0 bridgehead atoms. The van der Waals surface area contributed by atoms with E-state index in [0.717, 1.165) is 16.9 Å². The Morgan fingerprint density at radius 3 is 1.53 bits per heavy atom. The minimum absolute atomic E-state index is 0.293. The number of amides is 6. The molecule has 0 aliphatic heterocycles. The summed E-state index contributed by atoms with van der Waals surface area (Å²) in [5, 5.41) is 24.8. The van der Waals surface area contributed by atoms with Gasteiger partial charge < -0.3 is 44.3 Å². The fraction of sp³-hybridized carbons (Fsp3) is 0.200. The molecular formula is C50H53BrN20O6S2. The number of aryl methyl sites for hydroxylation is 4. The van der Waals surface area contributed by atoms with Gasteiger partial charge in [0.05, 0.1) is 43.6 Å². The zero-order valence-corrected chi connectivity index (χ0v) is 46.1. The highest BCUT2D eigenvalue weighted by atomic mass is 79.9. The van der Waals surface area contributed by atoms with Crippen LogP contribution < -0.4 is 50.4 Å². The standard InChI is InChI=1S/C25H26N10O3S.C24H27N9O3S.CBrN/c1-3-35-18(10-13(2)32-35)22(38)31-25-30-16-12-19(21(27)37)39-23(16)34(25)9-5-4-8-33-17-7-6-14(20(26)36)11-15(17)29-24(33)28;1-3-33-18(10-13(2)31-33)22(36)30-24-29-17-12-19(21(27)35)37-23(17)32(24)9-5-4-8-28-16-7-6-14(20(26)34)11-15(16)25;2-1-3/h4-7,10-12H,3,8-9H2,1-2H3,(H2,26,36)(H2,27,37)(H2,28,29)(H,30,31,38);4-7,10-12,28H,3,8-9,25H2,1-2H3,(H2,26,34)(H2,27,35)(H,29,30,36);/b2*5-4+;. The molecule has 29 heteroatoms. The summed E-state index contributed by atoms with van der Waals surface area (Å²) in [6, 6.07) is 16.4. The number of benzene rings is 2. The van der Waals surface area contributed by atoms with E-state index in [1.54, 1.807) is 82.6 Å². The molecule has 0 aliphatic carbocycles. The van der Waals surface area contributed by atoms with Gasteiger partial charge in [-0.1, -0.05) is 24.3 Å². The molecule has 0 radical (unpaired) electrons. The number of primary amides is 4. The number of thiophene rings is 2. The first-order chi connectivity index (χ1) is 37.7. The number of hydrogen-bond donors (Lipinski definition) is 9. The van der Waals surface area contributed by atoms with E-state index in [1.165, 1.54) is 28.7 Å². The van der Waals surface area contributed by atoms with E-state index in [1.807, 2.05) is 52.0 Å². The van der Waals surface area contributed by atoms with E-state index >= 15 is 0 Å². The lowest BCUT2D eigenvalue weighted by atomic mass is 10.1. The van der Waals surface area contributed by atoms with Gasteiger partial charge in [-0.25, -0.2) is 15.0 Å². The van der Waals surface area contributed by atoms with Gasteiger partial charge in [-0.3, -0.25) is 57.9 Å². The third-order valence-corrected chi connectivity index (χ3v) is 14.0. The predicted molar refractivity (Wildman–Crippen MR) is 307 cm³/mol. The molecule has 6 amide bonds. The van der Waals surface area contributed by atoms with Crippen LogP contribution >= 0.6 is 38.6 Å². The number of halogens is 1. The summed E-state index contributed by atoms with van der Waals surface area (Å²) in [5.74, 6) is -1.89. The molecule has 0 aliphatic rings. The quantitative estimate of drug-likeness (QED) is 0.0359. The maximum atomic E-state index is 13.1. The first kappa shape index (κ1) is 57.1. The number of allylic oxidation sites excluding steroid dienone is 3. The molecule has 79 heavy (non-hydrogen) atoms. The van der Waals surface area contributed by atoms with Crippen molar-refractivity contribution >= 4 is 135 Å². The average molecular weight is 1170 g/mol. The fourth-order valence-electron chi connectivity index (χ4n) is 8.04. The Morgan fingerprint density at radius 2 is 1.08 bits per heavy atom. The van der Waals surface area contributed by atoms with E-state index < -0.39 is 23.6 Å². The Hall–Kier alpha value is -9.66. The number of imidazole rings is 3. The van der Waals surface area contributed by atoms with Crippen LogP contribution in [0.5, 0.6) is 0 Å². The fourth-order valence-corrected chi connectivity index (χ4v) is 9.96. The number of rotatable bonds is 19. The van der Waals surface area contributed by atoms with Crippen LogP contribution in [0.1, 0.15) is 86.3 Å². The van der Waals surface area contributed by atoms with E-state index in [9.17, 15) is 28.8 Å². The first-order valence-electron chi connectivity index (χ1n) is 23.8. The minimum atomic E-state index is -0.546. The maximum absolute atomic E-state index is 13.1.